The van der Waals surface area contributed by atoms with Crippen molar-refractivity contribution in [2.75, 3.05) is 33.2 Å². The van der Waals surface area contributed by atoms with E-state index in [9.17, 15) is 4.79 Å². The fraction of sp³-hybridized carbons (Fsp3) is 0.778. The van der Waals surface area contributed by atoms with Gasteiger partial charge in [-0.15, -0.1) is 0 Å². The Hall–Kier alpha value is -1.56. The number of nitrogens with zero attached hydrogens (tertiary/aromatic N) is 3. The molecule has 134 valence electrons. The highest BCUT2D eigenvalue weighted by atomic mass is 16.2. The van der Waals surface area contributed by atoms with Crippen LogP contribution in [0.4, 0.5) is 4.79 Å². The Morgan fingerprint density at radius 2 is 2.21 bits per heavy atom. The van der Waals surface area contributed by atoms with Gasteiger partial charge in [-0.1, -0.05) is 6.42 Å². The van der Waals surface area contributed by atoms with Crippen LogP contribution in [0, 0.1) is 5.92 Å². The number of rotatable bonds is 5. The number of aromatic amines is 1. The molecule has 0 saturated carbocycles. The predicted octanol–water partition coefficient (Wildman–Crippen LogP) is 2.16. The van der Waals surface area contributed by atoms with Crippen LogP contribution in [-0.2, 0) is 19.4 Å². The number of H-pyrrole nitrogens is 1. The molecule has 1 atom stereocenters. The van der Waals surface area contributed by atoms with Crippen molar-refractivity contribution in [3.8, 4) is 0 Å². The van der Waals surface area contributed by atoms with Crippen molar-refractivity contribution in [1.29, 1.82) is 0 Å². The molecule has 3 rings (SSSR count). The quantitative estimate of drug-likeness (QED) is 0.812. The summed E-state index contributed by atoms with van der Waals surface area (Å²) in [6.07, 6.45) is 7.11. The standard InChI is InChI=1S/C18H31N5O/c1-3-23(13-14-9-10-22(2)12-14)18(24)19-11-17-15-7-5-4-6-8-16(15)20-21-17/h14H,3-13H2,1-2H3,(H,19,24)(H,20,21)/t14-/m0/s1. The Morgan fingerprint density at radius 1 is 1.38 bits per heavy atom. The lowest BCUT2D eigenvalue weighted by atomic mass is 10.1. The SMILES string of the molecule is CCN(C[C@H]1CCN(C)C1)C(=O)NCc1n[nH]c2c1CCCCC2. The van der Waals surface area contributed by atoms with Crippen LogP contribution < -0.4 is 5.32 Å². The molecule has 24 heavy (non-hydrogen) atoms. The van der Waals surface area contributed by atoms with Gasteiger partial charge in [-0.2, -0.15) is 5.10 Å². The zero-order valence-electron chi connectivity index (χ0n) is 15.1. The molecule has 6 nitrogen and oxygen atoms in total. The number of likely N-dealkylation sites (tertiary alicyclic amines) is 1. The third-order valence-corrected chi connectivity index (χ3v) is 5.44. The fourth-order valence-electron chi connectivity index (χ4n) is 3.99. The minimum atomic E-state index is 0.0393. The number of hydrogen-bond acceptors (Lipinski definition) is 3. The Labute approximate surface area is 145 Å². The van der Waals surface area contributed by atoms with Gasteiger partial charge >= 0.3 is 6.03 Å². The van der Waals surface area contributed by atoms with Gasteiger partial charge < -0.3 is 15.1 Å². The number of carbonyl (C=O) groups is 1. The Kier molecular flexibility index (Phi) is 5.76. The molecule has 1 saturated heterocycles. The van der Waals surface area contributed by atoms with Crippen molar-refractivity contribution in [2.45, 2.75) is 52.0 Å². The molecule has 0 radical (unpaired) electrons. The Bertz CT molecular complexity index is 556. The van der Waals surface area contributed by atoms with Crippen molar-refractivity contribution in [1.82, 2.24) is 25.3 Å². The van der Waals surface area contributed by atoms with Crippen molar-refractivity contribution in [3.05, 3.63) is 17.0 Å². The molecule has 1 aliphatic heterocycles. The van der Waals surface area contributed by atoms with Gasteiger partial charge in [0.2, 0.25) is 0 Å². The molecule has 1 fully saturated rings. The van der Waals surface area contributed by atoms with Gasteiger partial charge in [0.15, 0.2) is 0 Å². The minimum absolute atomic E-state index is 0.0393. The van der Waals surface area contributed by atoms with Crippen LogP contribution in [0.25, 0.3) is 0 Å². The smallest absolute Gasteiger partial charge is 0.317 e. The van der Waals surface area contributed by atoms with Crippen molar-refractivity contribution in [2.24, 2.45) is 5.92 Å². The number of nitrogens with one attached hydrogen (secondary N) is 2. The van der Waals surface area contributed by atoms with E-state index in [1.807, 2.05) is 4.90 Å². The van der Waals surface area contributed by atoms with Gasteiger partial charge in [-0.25, -0.2) is 4.79 Å². The minimum Gasteiger partial charge on any atom is -0.332 e. The molecule has 6 heteroatoms. The van der Waals surface area contributed by atoms with E-state index in [1.54, 1.807) is 0 Å². The molecule has 1 aromatic rings. The largest absolute Gasteiger partial charge is 0.332 e. The van der Waals surface area contributed by atoms with Crippen LogP contribution in [0.3, 0.4) is 0 Å². The van der Waals surface area contributed by atoms with Gasteiger partial charge in [0, 0.05) is 25.3 Å². The maximum Gasteiger partial charge on any atom is 0.317 e. The molecule has 2 amide bonds. The van der Waals surface area contributed by atoms with Gasteiger partial charge in [0.05, 0.1) is 12.2 Å². The van der Waals surface area contributed by atoms with Crippen molar-refractivity contribution in [3.63, 3.8) is 0 Å². The summed E-state index contributed by atoms with van der Waals surface area (Å²) in [6.45, 7) is 6.43. The molecule has 1 aromatic heterocycles. The molecule has 2 aliphatic rings. The van der Waals surface area contributed by atoms with Gasteiger partial charge in [-0.05, 0) is 64.1 Å². The number of amides is 2. The Morgan fingerprint density at radius 3 is 2.96 bits per heavy atom. The first-order valence-electron chi connectivity index (χ1n) is 9.43. The van der Waals surface area contributed by atoms with E-state index in [2.05, 4.69) is 34.4 Å². The summed E-state index contributed by atoms with van der Waals surface area (Å²) < 4.78 is 0. The zero-order chi connectivity index (χ0) is 16.9. The molecular formula is C18H31N5O. The number of aromatic nitrogens is 2. The molecular weight excluding hydrogens is 302 g/mol. The van der Waals surface area contributed by atoms with Crippen LogP contribution in [-0.4, -0.2) is 59.3 Å². The molecule has 2 N–H and O–H groups in total. The van der Waals surface area contributed by atoms with E-state index in [0.29, 0.717) is 12.5 Å². The second kappa shape index (κ2) is 8.01. The third kappa shape index (κ3) is 4.09. The first-order chi connectivity index (χ1) is 11.7. The van der Waals surface area contributed by atoms with Crippen LogP contribution in [0.2, 0.25) is 0 Å². The third-order valence-electron chi connectivity index (χ3n) is 5.44. The van der Waals surface area contributed by atoms with Crippen molar-refractivity contribution >= 4 is 6.03 Å². The average Bonchev–Trinajstić information content (AvgIpc) is 3.08. The highest BCUT2D eigenvalue weighted by Crippen LogP contribution is 2.21. The lowest BCUT2D eigenvalue weighted by Gasteiger charge is -2.24. The maximum atomic E-state index is 12.5. The van der Waals surface area contributed by atoms with Crippen LogP contribution in [0.1, 0.15) is 49.6 Å². The zero-order valence-corrected chi connectivity index (χ0v) is 15.1. The number of urea groups is 1. The number of hydrogen-bond donors (Lipinski definition) is 2. The van der Waals surface area contributed by atoms with Gasteiger partial charge in [0.1, 0.15) is 0 Å². The molecule has 2 heterocycles. The summed E-state index contributed by atoms with van der Waals surface area (Å²) in [5, 5.41) is 10.7. The fourth-order valence-corrected chi connectivity index (χ4v) is 3.99. The normalized spacial score (nSPS) is 21.3. The van der Waals surface area contributed by atoms with E-state index in [-0.39, 0.29) is 6.03 Å². The topological polar surface area (TPSA) is 64.3 Å². The number of carbonyl (C=O) groups excluding carboxylic acids is 1. The Balaban J connectivity index is 1.53. The highest BCUT2D eigenvalue weighted by molar-refractivity contribution is 5.74. The summed E-state index contributed by atoms with van der Waals surface area (Å²) in [4.78, 5) is 16.8. The second-order valence-corrected chi connectivity index (χ2v) is 7.30. The molecule has 0 aromatic carbocycles. The summed E-state index contributed by atoms with van der Waals surface area (Å²) in [5.74, 6) is 0.599. The first-order valence-corrected chi connectivity index (χ1v) is 9.43. The summed E-state index contributed by atoms with van der Waals surface area (Å²) in [5.41, 5.74) is 3.64. The predicted molar refractivity (Wildman–Crippen MR) is 94.9 cm³/mol. The highest BCUT2D eigenvalue weighted by Gasteiger charge is 2.24. The van der Waals surface area contributed by atoms with Gasteiger partial charge in [0.25, 0.3) is 0 Å². The average molecular weight is 333 g/mol. The number of fused-ring (bicyclic) bond motifs is 1. The summed E-state index contributed by atoms with van der Waals surface area (Å²) in [6, 6.07) is 0.0393. The molecule has 0 spiro atoms. The first kappa shape index (κ1) is 17.3. The van der Waals surface area contributed by atoms with E-state index in [0.717, 1.165) is 44.7 Å². The van der Waals surface area contributed by atoms with Gasteiger partial charge in [-0.3, -0.25) is 5.10 Å². The summed E-state index contributed by atoms with van der Waals surface area (Å²) in [7, 11) is 2.15. The van der Waals surface area contributed by atoms with Crippen LogP contribution in [0.15, 0.2) is 0 Å². The summed E-state index contributed by atoms with van der Waals surface area (Å²) >= 11 is 0. The number of aryl methyl sites for hydroxylation is 1. The lowest BCUT2D eigenvalue weighted by Crippen LogP contribution is -2.42. The maximum absolute atomic E-state index is 12.5. The van der Waals surface area contributed by atoms with Crippen LogP contribution >= 0.6 is 0 Å². The van der Waals surface area contributed by atoms with Crippen molar-refractivity contribution < 1.29 is 4.79 Å². The lowest BCUT2D eigenvalue weighted by molar-refractivity contribution is 0.190. The second-order valence-electron chi connectivity index (χ2n) is 7.30. The van der Waals surface area contributed by atoms with Crippen LogP contribution in [0.5, 0.6) is 0 Å². The monoisotopic (exact) mass is 333 g/mol. The van der Waals surface area contributed by atoms with E-state index < -0.39 is 0 Å². The van der Waals surface area contributed by atoms with E-state index in [1.165, 1.54) is 36.9 Å². The molecule has 1 aliphatic carbocycles. The molecule has 0 bridgehead atoms. The van der Waals surface area contributed by atoms with E-state index in [4.69, 9.17) is 0 Å². The van der Waals surface area contributed by atoms with E-state index >= 15 is 0 Å². The molecule has 0 unspecified atom stereocenters.